The zero-order chi connectivity index (χ0) is 16.8. The summed E-state index contributed by atoms with van der Waals surface area (Å²) in [7, 11) is 1.85. The molecule has 0 atom stereocenters. The summed E-state index contributed by atoms with van der Waals surface area (Å²) in [4.78, 5) is 19.3. The second-order valence-corrected chi connectivity index (χ2v) is 7.95. The number of aliphatic imine (C=N–C) groups is 1. The van der Waals surface area contributed by atoms with Crippen molar-refractivity contribution in [3.63, 3.8) is 0 Å². The zero-order valence-corrected chi connectivity index (χ0v) is 14.4. The van der Waals surface area contributed by atoms with Gasteiger partial charge in [0.2, 0.25) is 0 Å². The van der Waals surface area contributed by atoms with Crippen LogP contribution in [0.5, 0.6) is 0 Å². The Morgan fingerprint density at radius 3 is 2.26 bits per heavy atom. The standard InChI is InChI=1S/C19H25FN2O/c1-18(2,3)14-9-11-19(12-10-14)21-16(17(23)22(19)4)13-5-7-15(20)8-6-13/h5-8,14H,9-12H2,1-4H3. The lowest BCUT2D eigenvalue weighted by molar-refractivity contribution is -0.127. The number of amides is 1. The molecule has 0 unspecified atom stereocenters. The Morgan fingerprint density at radius 2 is 1.74 bits per heavy atom. The van der Waals surface area contributed by atoms with Crippen molar-refractivity contribution in [1.82, 2.24) is 4.90 Å². The summed E-state index contributed by atoms with van der Waals surface area (Å²) in [5.41, 5.74) is 1.08. The van der Waals surface area contributed by atoms with Crippen molar-refractivity contribution in [2.45, 2.75) is 52.1 Å². The van der Waals surface area contributed by atoms with Crippen molar-refractivity contribution in [3.05, 3.63) is 35.6 Å². The molecule has 1 amide bonds. The van der Waals surface area contributed by atoms with Crippen LogP contribution < -0.4 is 0 Å². The van der Waals surface area contributed by atoms with Crippen molar-refractivity contribution in [3.8, 4) is 0 Å². The topological polar surface area (TPSA) is 32.7 Å². The first-order valence-electron chi connectivity index (χ1n) is 8.37. The van der Waals surface area contributed by atoms with Crippen LogP contribution in [-0.4, -0.2) is 29.2 Å². The Morgan fingerprint density at radius 1 is 1.17 bits per heavy atom. The number of likely N-dealkylation sites (N-methyl/N-ethyl adjacent to an activating group) is 1. The molecule has 1 aromatic carbocycles. The number of hydrogen-bond acceptors (Lipinski definition) is 2. The number of carbonyl (C=O) groups is 1. The van der Waals surface area contributed by atoms with Crippen LogP contribution in [0.2, 0.25) is 0 Å². The maximum atomic E-state index is 13.1. The molecule has 0 N–H and O–H groups in total. The van der Waals surface area contributed by atoms with Gasteiger partial charge in [0.1, 0.15) is 17.2 Å². The highest BCUT2D eigenvalue weighted by atomic mass is 19.1. The van der Waals surface area contributed by atoms with E-state index in [9.17, 15) is 9.18 Å². The largest absolute Gasteiger partial charge is 0.316 e. The van der Waals surface area contributed by atoms with Crippen LogP contribution in [0.1, 0.15) is 52.0 Å². The van der Waals surface area contributed by atoms with Crippen LogP contribution in [0, 0.1) is 17.2 Å². The predicted molar refractivity (Wildman–Crippen MR) is 89.9 cm³/mol. The van der Waals surface area contributed by atoms with Crippen molar-refractivity contribution in [1.29, 1.82) is 0 Å². The van der Waals surface area contributed by atoms with Gasteiger partial charge in [-0.05, 0) is 61.3 Å². The van der Waals surface area contributed by atoms with Gasteiger partial charge in [-0.25, -0.2) is 4.39 Å². The minimum Gasteiger partial charge on any atom is -0.316 e. The van der Waals surface area contributed by atoms with Gasteiger partial charge in [0.05, 0.1) is 0 Å². The SMILES string of the molecule is CN1C(=O)C(c2ccc(F)cc2)=NC12CCC(C(C)(C)C)CC2. The van der Waals surface area contributed by atoms with Crippen LogP contribution >= 0.6 is 0 Å². The lowest BCUT2D eigenvalue weighted by Crippen LogP contribution is -2.47. The van der Waals surface area contributed by atoms with Gasteiger partial charge in [0, 0.05) is 12.6 Å². The van der Waals surface area contributed by atoms with Crippen molar-refractivity contribution in [2.75, 3.05) is 7.05 Å². The lowest BCUT2D eigenvalue weighted by Gasteiger charge is -2.43. The number of carbonyl (C=O) groups excluding carboxylic acids is 1. The fraction of sp³-hybridized carbons (Fsp3) is 0.579. The molecule has 2 aliphatic rings. The zero-order valence-electron chi connectivity index (χ0n) is 14.4. The third-order valence-electron chi connectivity index (χ3n) is 5.58. The summed E-state index contributed by atoms with van der Waals surface area (Å²) < 4.78 is 13.1. The molecular formula is C19H25FN2O. The van der Waals surface area contributed by atoms with E-state index in [1.54, 1.807) is 17.0 Å². The molecule has 0 radical (unpaired) electrons. The summed E-state index contributed by atoms with van der Waals surface area (Å²) in [6, 6.07) is 6.04. The summed E-state index contributed by atoms with van der Waals surface area (Å²) in [6.45, 7) is 6.85. The number of halogens is 1. The highest BCUT2D eigenvalue weighted by molar-refractivity contribution is 6.46. The second kappa shape index (κ2) is 5.43. The number of nitrogens with zero attached hydrogens (tertiary/aromatic N) is 2. The van der Waals surface area contributed by atoms with Crippen LogP contribution in [-0.2, 0) is 4.79 Å². The van der Waals surface area contributed by atoms with Crippen LogP contribution in [0.4, 0.5) is 4.39 Å². The molecule has 0 bridgehead atoms. The molecule has 1 spiro atoms. The van der Waals surface area contributed by atoms with Gasteiger partial charge >= 0.3 is 0 Å². The summed E-state index contributed by atoms with van der Waals surface area (Å²) in [6.07, 6.45) is 3.98. The first-order chi connectivity index (χ1) is 10.7. The van der Waals surface area contributed by atoms with Gasteiger partial charge in [-0.1, -0.05) is 20.8 Å². The summed E-state index contributed by atoms with van der Waals surface area (Å²) in [5, 5.41) is 0. The number of rotatable bonds is 1. The van der Waals surface area contributed by atoms with E-state index in [4.69, 9.17) is 4.99 Å². The normalized spacial score (nSPS) is 28.4. The summed E-state index contributed by atoms with van der Waals surface area (Å²) >= 11 is 0. The third kappa shape index (κ3) is 2.79. The maximum Gasteiger partial charge on any atom is 0.274 e. The van der Waals surface area contributed by atoms with E-state index in [1.165, 1.54) is 12.1 Å². The molecular weight excluding hydrogens is 291 g/mol. The quantitative estimate of drug-likeness (QED) is 0.770. The highest BCUT2D eigenvalue weighted by Crippen LogP contribution is 2.45. The smallest absolute Gasteiger partial charge is 0.274 e. The van der Waals surface area contributed by atoms with E-state index in [2.05, 4.69) is 20.8 Å². The van der Waals surface area contributed by atoms with Gasteiger partial charge in [0.25, 0.3) is 5.91 Å². The van der Waals surface area contributed by atoms with Gasteiger partial charge in [-0.3, -0.25) is 9.79 Å². The molecule has 1 aliphatic carbocycles. The molecule has 3 rings (SSSR count). The molecule has 1 fully saturated rings. The lowest BCUT2D eigenvalue weighted by atomic mass is 9.69. The number of hydrogen-bond donors (Lipinski definition) is 0. The van der Waals surface area contributed by atoms with Gasteiger partial charge in [-0.15, -0.1) is 0 Å². The van der Waals surface area contributed by atoms with Crippen molar-refractivity contribution in [2.24, 2.45) is 16.3 Å². The minimum absolute atomic E-state index is 0.0502. The van der Waals surface area contributed by atoms with Crippen LogP contribution in [0.3, 0.4) is 0 Å². The van der Waals surface area contributed by atoms with Gasteiger partial charge in [-0.2, -0.15) is 0 Å². The molecule has 1 aromatic rings. The van der Waals surface area contributed by atoms with Crippen LogP contribution in [0.15, 0.2) is 29.3 Å². The maximum absolute atomic E-state index is 13.1. The fourth-order valence-electron chi connectivity index (χ4n) is 3.87. The monoisotopic (exact) mass is 316 g/mol. The first kappa shape index (κ1) is 16.2. The molecule has 1 heterocycles. The van der Waals surface area contributed by atoms with Crippen LogP contribution in [0.25, 0.3) is 0 Å². The Bertz CT molecular complexity index is 634. The highest BCUT2D eigenvalue weighted by Gasteiger charge is 2.48. The first-order valence-corrected chi connectivity index (χ1v) is 8.37. The van der Waals surface area contributed by atoms with E-state index in [1.807, 2.05) is 7.05 Å². The third-order valence-corrected chi connectivity index (χ3v) is 5.58. The van der Waals surface area contributed by atoms with E-state index in [0.29, 0.717) is 22.6 Å². The summed E-state index contributed by atoms with van der Waals surface area (Å²) in [5.74, 6) is 0.320. The molecule has 124 valence electrons. The second-order valence-electron chi connectivity index (χ2n) is 7.95. The van der Waals surface area contributed by atoms with E-state index < -0.39 is 5.66 Å². The van der Waals surface area contributed by atoms with E-state index >= 15 is 0 Å². The predicted octanol–water partition coefficient (Wildman–Crippen LogP) is 4.02. The minimum atomic E-state index is -0.400. The average molecular weight is 316 g/mol. The Hall–Kier alpha value is -1.71. The van der Waals surface area contributed by atoms with Crippen molar-refractivity contribution < 1.29 is 9.18 Å². The van der Waals surface area contributed by atoms with Gasteiger partial charge in [0.15, 0.2) is 0 Å². The molecule has 23 heavy (non-hydrogen) atoms. The van der Waals surface area contributed by atoms with Crippen molar-refractivity contribution >= 4 is 11.6 Å². The molecule has 4 heteroatoms. The molecule has 1 aliphatic heterocycles. The Kier molecular flexibility index (Phi) is 3.81. The number of benzene rings is 1. The molecule has 0 saturated heterocycles. The fourth-order valence-corrected chi connectivity index (χ4v) is 3.87. The Balaban J connectivity index is 1.86. The molecule has 1 saturated carbocycles. The molecule has 3 nitrogen and oxygen atoms in total. The van der Waals surface area contributed by atoms with E-state index in [-0.39, 0.29) is 11.7 Å². The average Bonchev–Trinajstić information content (AvgIpc) is 2.73. The molecule has 0 aromatic heterocycles. The van der Waals surface area contributed by atoms with E-state index in [0.717, 1.165) is 25.7 Å². The van der Waals surface area contributed by atoms with Gasteiger partial charge < -0.3 is 4.90 Å². The Labute approximate surface area is 137 Å².